The molecule has 1 heterocycles. The Hall–Kier alpha value is -0.0400. The number of nitrogens with zero attached hydrogens (tertiary/aromatic N) is 1. The van der Waals surface area contributed by atoms with Crippen LogP contribution in [0, 0.1) is 11.8 Å². The van der Waals surface area contributed by atoms with Crippen molar-refractivity contribution in [2.75, 3.05) is 13.6 Å². The first-order chi connectivity index (χ1) is 4.27. The molecule has 3 unspecified atom stereocenters. The average Bonchev–Trinajstić information content (AvgIpc) is 2.24. The number of rotatable bonds is 0. The van der Waals surface area contributed by atoms with Crippen molar-refractivity contribution in [1.29, 1.82) is 0 Å². The molecule has 1 heteroatoms. The zero-order valence-electron chi connectivity index (χ0n) is 6.30. The highest BCUT2D eigenvalue weighted by Crippen LogP contribution is 2.40. The second kappa shape index (κ2) is 1.72. The fraction of sp³-hybridized carbons (Fsp3) is 1.00. The highest BCUT2D eigenvalue weighted by Gasteiger charge is 2.40. The highest BCUT2D eigenvalue weighted by molar-refractivity contribution is 4.93. The van der Waals surface area contributed by atoms with Gasteiger partial charge >= 0.3 is 0 Å². The lowest BCUT2D eigenvalue weighted by molar-refractivity contribution is 0.219. The summed E-state index contributed by atoms with van der Waals surface area (Å²) in [4.78, 5) is 2.52. The van der Waals surface area contributed by atoms with E-state index in [1.807, 2.05) is 0 Å². The predicted molar refractivity (Wildman–Crippen MR) is 38.3 cm³/mol. The molecule has 3 atom stereocenters. The lowest BCUT2D eigenvalue weighted by atomic mass is 9.97. The van der Waals surface area contributed by atoms with Crippen molar-refractivity contribution in [3.8, 4) is 0 Å². The highest BCUT2D eigenvalue weighted by atomic mass is 15.2. The number of hydrogen-bond donors (Lipinski definition) is 0. The molecule has 0 N–H and O–H groups in total. The smallest absolute Gasteiger partial charge is 0.00981 e. The summed E-state index contributed by atoms with van der Waals surface area (Å²) in [6.07, 6.45) is 2.94. The van der Waals surface area contributed by atoms with Gasteiger partial charge < -0.3 is 4.90 Å². The Balaban J connectivity index is 2.10. The van der Waals surface area contributed by atoms with Gasteiger partial charge in [-0.2, -0.15) is 0 Å². The largest absolute Gasteiger partial charge is 0.303 e. The van der Waals surface area contributed by atoms with Crippen LogP contribution in [0.2, 0.25) is 0 Å². The van der Waals surface area contributed by atoms with Crippen LogP contribution in [0.5, 0.6) is 0 Å². The van der Waals surface area contributed by atoms with Gasteiger partial charge in [-0.25, -0.2) is 0 Å². The molecule has 9 heavy (non-hydrogen) atoms. The first-order valence-corrected chi connectivity index (χ1v) is 3.97. The molecule has 1 aliphatic heterocycles. The first-order valence-electron chi connectivity index (χ1n) is 3.97. The van der Waals surface area contributed by atoms with Crippen LogP contribution in [0.25, 0.3) is 0 Å². The Kier molecular flexibility index (Phi) is 1.10. The van der Waals surface area contributed by atoms with E-state index in [0.29, 0.717) is 0 Å². The maximum absolute atomic E-state index is 2.52. The SMILES string of the molecule is CC1CC2CC1CN2C. The van der Waals surface area contributed by atoms with Crippen LogP contribution < -0.4 is 0 Å². The molecule has 0 spiro atoms. The zero-order valence-corrected chi connectivity index (χ0v) is 6.30. The minimum Gasteiger partial charge on any atom is -0.303 e. The Bertz CT molecular complexity index is 104. The molecule has 2 bridgehead atoms. The lowest BCUT2D eigenvalue weighted by Gasteiger charge is -2.25. The van der Waals surface area contributed by atoms with E-state index in [4.69, 9.17) is 0 Å². The van der Waals surface area contributed by atoms with Gasteiger partial charge in [0.15, 0.2) is 0 Å². The Labute approximate surface area is 57.0 Å². The zero-order chi connectivity index (χ0) is 6.43. The van der Waals surface area contributed by atoms with Gasteiger partial charge in [-0.1, -0.05) is 6.92 Å². The third-order valence-electron chi connectivity index (χ3n) is 3.17. The number of piperidine rings is 1. The summed E-state index contributed by atoms with van der Waals surface area (Å²) < 4.78 is 0. The molecule has 0 aromatic heterocycles. The summed E-state index contributed by atoms with van der Waals surface area (Å²) in [6, 6.07) is 0.949. The molecule has 0 aromatic rings. The van der Waals surface area contributed by atoms with Crippen LogP contribution in [0.3, 0.4) is 0 Å². The molecule has 0 radical (unpaired) electrons. The van der Waals surface area contributed by atoms with Gasteiger partial charge in [0.2, 0.25) is 0 Å². The van der Waals surface area contributed by atoms with Crippen LogP contribution in [0.4, 0.5) is 0 Å². The van der Waals surface area contributed by atoms with E-state index in [9.17, 15) is 0 Å². The first kappa shape index (κ1) is 5.72. The summed E-state index contributed by atoms with van der Waals surface area (Å²) in [5.41, 5.74) is 0. The van der Waals surface area contributed by atoms with Crippen LogP contribution in [-0.2, 0) is 0 Å². The normalized spacial score (nSPS) is 50.7. The van der Waals surface area contributed by atoms with Crippen LogP contribution in [-0.4, -0.2) is 24.5 Å². The van der Waals surface area contributed by atoms with Gasteiger partial charge in [-0.15, -0.1) is 0 Å². The third-order valence-corrected chi connectivity index (χ3v) is 3.17. The summed E-state index contributed by atoms with van der Waals surface area (Å²) in [5.74, 6) is 2.06. The van der Waals surface area contributed by atoms with Crippen molar-refractivity contribution >= 4 is 0 Å². The topological polar surface area (TPSA) is 3.24 Å². The molecule has 2 aliphatic rings. The van der Waals surface area contributed by atoms with Gasteiger partial charge in [0, 0.05) is 12.6 Å². The molecular formula is C8H15N. The second-order valence-electron chi connectivity index (χ2n) is 3.80. The van der Waals surface area contributed by atoms with Crippen molar-refractivity contribution in [2.24, 2.45) is 11.8 Å². The van der Waals surface area contributed by atoms with E-state index in [0.717, 1.165) is 17.9 Å². The Morgan fingerprint density at radius 1 is 1.33 bits per heavy atom. The summed E-state index contributed by atoms with van der Waals surface area (Å²) in [7, 11) is 2.26. The number of likely N-dealkylation sites (tertiary alicyclic amines) is 1. The fourth-order valence-corrected chi connectivity index (χ4v) is 2.43. The molecule has 1 nitrogen and oxygen atoms in total. The van der Waals surface area contributed by atoms with Gasteiger partial charge in [0.1, 0.15) is 0 Å². The van der Waals surface area contributed by atoms with Gasteiger partial charge in [-0.3, -0.25) is 0 Å². The van der Waals surface area contributed by atoms with Crippen LogP contribution in [0.15, 0.2) is 0 Å². The molecule has 1 saturated carbocycles. The van der Waals surface area contributed by atoms with Crippen LogP contribution >= 0.6 is 0 Å². The Morgan fingerprint density at radius 3 is 2.44 bits per heavy atom. The maximum atomic E-state index is 2.52. The molecule has 0 aromatic carbocycles. The quantitative estimate of drug-likeness (QED) is 0.472. The molecule has 1 aliphatic carbocycles. The predicted octanol–water partition coefficient (Wildman–Crippen LogP) is 1.35. The van der Waals surface area contributed by atoms with E-state index in [1.54, 1.807) is 0 Å². The number of hydrogen-bond acceptors (Lipinski definition) is 1. The summed E-state index contributed by atoms with van der Waals surface area (Å²) in [6.45, 7) is 3.77. The van der Waals surface area contributed by atoms with Gasteiger partial charge in [0.05, 0.1) is 0 Å². The van der Waals surface area contributed by atoms with E-state index in [1.165, 1.54) is 19.4 Å². The van der Waals surface area contributed by atoms with Crippen molar-refractivity contribution in [2.45, 2.75) is 25.8 Å². The lowest BCUT2D eigenvalue weighted by Crippen LogP contribution is -2.30. The van der Waals surface area contributed by atoms with E-state index >= 15 is 0 Å². The van der Waals surface area contributed by atoms with E-state index < -0.39 is 0 Å². The van der Waals surface area contributed by atoms with Gasteiger partial charge in [-0.05, 0) is 31.7 Å². The van der Waals surface area contributed by atoms with Gasteiger partial charge in [0.25, 0.3) is 0 Å². The number of fused-ring (bicyclic) bond motifs is 2. The monoisotopic (exact) mass is 125 g/mol. The van der Waals surface area contributed by atoms with Crippen molar-refractivity contribution in [3.63, 3.8) is 0 Å². The minimum absolute atomic E-state index is 0.949. The van der Waals surface area contributed by atoms with Crippen molar-refractivity contribution < 1.29 is 0 Å². The summed E-state index contributed by atoms with van der Waals surface area (Å²) in [5, 5.41) is 0. The molecule has 52 valence electrons. The average molecular weight is 125 g/mol. The molecule has 2 fully saturated rings. The maximum Gasteiger partial charge on any atom is 0.00981 e. The van der Waals surface area contributed by atoms with Crippen molar-refractivity contribution in [3.05, 3.63) is 0 Å². The third kappa shape index (κ3) is 0.710. The van der Waals surface area contributed by atoms with E-state index in [-0.39, 0.29) is 0 Å². The van der Waals surface area contributed by atoms with Crippen LogP contribution in [0.1, 0.15) is 19.8 Å². The summed E-state index contributed by atoms with van der Waals surface area (Å²) >= 11 is 0. The van der Waals surface area contributed by atoms with E-state index in [2.05, 4.69) is 18.9 Å². The minimum atomic E-state index is 0.949. The molecule has 2 rings (SSSR count). The Morgan fingerprint density at radius 2 is 2.11 bits per heavy atom. The molecule has 1 saturated heterocycles. The molecule has 0 amide bonds. The fourth-order valence-electron chi connectivity index (χ4n) is 2.43. The molecular weight excluding hydrogens is 110 g/mol. The standard InChI is InChI=1S/C8H15N/c1-6-3-8-4-7(6)5-9(8)2/h6-8H,3-5H2,1-2H3. The second-order valence-corrected chi connectivity index (χ2v) is 3.80. The van der Waals surface area contributed by atoms with Crippen molar-refractivity contribution in [1.82, 2.24) is 4.90 Å².